The summed E-state index contributed by atoms with van der Waals surface area (Å²) in [5.74, 6) is -1.01. The summed E-state index contributed by atoms with van der Waals surface area (Å²) in [6.07, 6.45) is -4.80. The Hall–Kier alpha value is -2.99. The lowest BCUT2D eigenvalue weighted by Crippen LogP contribution is -2.23. The summed E-state index contributed by atoms with van der Waals surface area (Å²) >= 11 is 0. The minimum Gasteiger partial charge on any atom is -0.406 e. The molecule has 1 heterocycles. The van der Waals surface area contributed by atoms with Crippen LogP contribution in [-0.2, 0) is 16.6 Å². The fraction of sp³-hybridized carbons (Fsp3) is 0.125. The molecule has 0 saturated heterocycles. The molecule has 12 heteroatoms. The van der Waals surface area contributed by atoms with E-state index >= 15 is 0 Å². The van der Waals surface area contributed by atoms with Crippen LogP contribution in [0.2, 0.25) is 0 Å². The molecule has 3 aromatic rings. The van der Waals surface area contributed by atoms with Gasteiger partial charge in [0.25, 0.3) is 0 Å². The van der Waals surface area contributed by atoms with Gasteiger partial charge in [-0.15, -0.1) is 13.2 Å². The molecular weight excluding hydrogens is 406 g/mol. The van der Waals surface area contributed by atoms with Crippen LogP contribution in [0.15, 0.2) is 57.9 Å². The zero-order chi connectivity index (χ0) is 20.4. The second-order valence-electron chi connectivity index (χ2n) is 5.36. The van der Waals surface area contributed by atoms with Crippen LogP contribution in [0.1, 0.15) is 5.89 Å². The van der Waals surface area contributed by atoms with Crippen LogP contribution in [-0.4, -0.2) is 24.9 Å². The normalized spacial score (nSPS) is 12.1. The summed E-state index contributed by atoms with van der Waals surface area (Å²) in [7, 11) is -3.92. The van der Waals surface area contributed by atoms with Crippen molar-refractivity contribution in [3.8, 4) is 17.1 Å². The van der Waals surface area contributed by atoms with Crippen LogP contribution in [0.25, 0.3) is 11.4 Å². The average molecular weight is 417 g/mol. The summed E-state index contributed by atoms with van der Waals surface area (Å²) in [6, 6.07) is 8.95. The van der Waals surface area contributed by atoms with Crippen molar-refractivity contribution in [1.82, 2.24) is 14.9 Å². The minimum atomic E-state index is -4.80. The topological polar surface area (TPSA) is 94.3 Å². The number of hydrogen-bond donors (Lipinski definition) is 1. The van der Waals surface area contributed by atoms with Gasteiger partial charge in [0, 0.05) is 5.56 Å². The lowest BCUT2D eigenvalue weighted by molar-refractivity contribution is -0.274. The highest BCUT2D eigenvalue weighted by atomic mass is 32.2. The van der Waals surface area contributed by atoms with Crippen molar-refractivity contribution in [2.75, 3.05) is 0 Å². The standard InChI is InChI=1S/C16H11F4N3O4S/c17-11-3-7-13(8-4-11)28(24,25)21-9-14-22-15(23-27-14)10-1-5-12(6-2-10)26-16(18,19)20/h1-8,21H,9H2. The van der Waals surface area contributed by atoms with E-state index in [0.29, 0.717) is 5.56 Å². The van der Waals surface area contributed by atoms with Gasteiger partial charge in [-0.2, -0.15) is 4.98 Å². The molecule has 1 N–H and O–H groups in total. The molecule has 0 bridgehead atoms. The zero-order valence-electron chi connectivity index (χ0n) is 13.8. The minimum absolute atomic E-state index is 0.0505. The molecule has 0 aliphatic carbocycles. The van der Waals surface area contributed by atoms with Gasteiger partial charge in [-0.25, -0.2) is 17.5 Å². The van der Waals surface area contributed by atoms with E-state index in [4.69, 9.17) is 4.52 Å². The number of rotatable bonds is 6. The maximum atomic E-state index is 12.9. The number of nitrogens with zero attached hydrogens (tertiary/aromatic N) is 2. The Labute approximate surface area is 156 Å². The summed E-state index contributed by atoms with van der Waals surface area (Å²) in [6.45, 7) is -0.331. The maximum Gasteiger partial charge on any atom is 0.573 e. The smallest absolute Gasteiger partial charge is 0.406 e. The van der Waals surface area contributed by atoms with E-state index in [1.165, 1.54) is 12.1 Å². The van der Waals surface area contributed by atoms with Crippen LogP contribution in [0, 0.1) is 5.82 Å². The fourth-order valence-electron chi connectivity index (χ4n) is 2.10. The number of nitrogens with one attached hydrogen (secondary N) is 1. The van der Waals surface area contributed by atoms with Crippen LogP contribution < -0.4 is 9.46 Å². The SMILES string of the molecule is O=S(=O)(NCc1nc(-c2ccc(OC(F)(F)F)cc2)no1)c1ccc(F)cc1. The number of sulfonamides is 1. The molecule has 148 valence electrons. The molecule has 0 fully saturated rings. The first kappa shape index (κ1) is 19.8. The Morgan fingerprint density at radius 2 is 1.68 bits per heavy atom. The molecule has 7 nitrogen and oxygen atoms in total. The van der Waals surface area contributed by atoms with Crippen LogP contribution in [0.5, 0.6) is 5.75 Å². The first-order chi connectivity index (χ1) is 13.1. The summed E-state index contributed by atoms with van der Waals surface area (Å²) in [4.78, 5) is 3.82. The summed E-state index contributed by atoms with van der Waals surface area (Å²) < 4.78 is 84.5. The molecule has 0 aliphatic rings. The van der Waals surface area contributed by atoms with E-state index in [9.17, 15) is 26.0 Å². The van der Waals surface area contributed by atoms with Gasteiger partial charge >= 0.3 is 6.36 Å². The van der Waals surface area contributed by atoms with Crippen LogP contribution in [0.3, 0.4) is 0 Å². The van der Waals surface area contributed by atoms with Gasteiger partial charge in [0.2, 0.25) is 21.7 Å². The molecule has 0 aliphatic heterocycles. The highest BCUT2D eigenvalue weighted by Gasteiger charge is 2.31. The monoisotopic (exact) mass is 417 g/mol. The number of alkyl halides is 3. The van der Waals surface area contributed by atoms with Crippen LogP contribution in [0.4, 0.5) is 17.6 Å². The molecule has 0 spiro atoms. The van der Waals surface area contributed by atoms with E-state index in [-0.39, 0.29) is 23.2 Å². The third-order valence-electron chi connectivity index (χ3n) is 3.35. The van der Waals surface area contributed by atoms with E-state index in [2.05, 4.69) is 19.6 Å². The van der Waals surface area contributed by atoms with Crippen molar-refractivity contribution < 1.29 is 35.2 Å². The summed E-state index contributed by atoms with van der Waals surface area (Å²) in [5.41, 5.74) is 0.339. The number of aromatic nitrogens is 2. The maximum absolute atomic E-state index is 12.9. The Morgan fingerprint density at radius 3 is 2.29 bits per heavy atom. The van der Waals surface area contributed by atoms with E-state index < -0.39 is 28.0 Å². The predicted molar refractivity (Wildman–Crippen MR) is 86.8 cm³/mol. The highest BCUT2D eigenvalue weighted by molar-refractivity contribution is 7.89. The van der Waals surface area contributed by atoms with Crippen molar-refractivity contribution in [2.45, 2.75) is 17.8 Å². The van der Waals surface area contributed by atoms with Crippen molar-refractivity contribution in [2.24, 2.45) is 0 Å². The Kier molecular flexibility index (Phi) is 5.34. The van der Waals surface area contributed by atoms with Gasteiger partial charge in [-0.1, -0.05) is 5.16 Å². The quantitative estimate of drug-likeness (QED) is 0.619. The van der Waals surface area contributed by atoms with Gasteiger partial charge in [-0.05, 0) is 48.5 Å². The number of hydrogen-bond acceptors (Lipinski definition) is 6. The molecule has 0 atom stereocenters. The Balaban J connectivity index is 1.66. The first-order valence-electron chi connectivity index (χ1n) is 7.56. The third kappa shape index (κ3) is 5.04. The average Bonchev–Trinajstić information content (AvgIpc) is 3.09. The third-order valence-corrected chi connectivity index (χ3v) is 4.77. The van der Waals surface area contributed by atoms with Crippen molar-refractivity contribution >= 4 is 10.0 Å². The van der Waals surface area contributed by atoms with E-state index in [1.54, 1.807) is 0 Å². The highest BCUT2D eigenvalue weighted by Crippen LogP contribution is 2.25. The molecule has 0 saturated carbocycles. The number of ether oxygens (including phenoxy) is 1. The molecule has 2 aromatic carbocycles. The molecule has 3 rings (SSSR count). The second kappa shape index (κ2) is 7.56. The second-order valence-corrected chi connectivity index (χ2v) is 7.13. The number of benzene rings is 2. The van der Waals surface area contributed by atoms with E-state index in [1.807, 2.05) is 0 Å². The molecular formula is C16H11F4N3O4S. The van der Waals surface area contributed by atoms with Gasteiger partial charge in [0.1, 0.15) is 11.6 Å². The summed E-state index contributed by atoms with van der Waals surface area (Å²) in [5, 5.41) is 3.64. The van der Waals surface area contributed by atoms with Crippen molar-refractivity contribution in [1.29, 1.82) is 0 Å². The lowest BCUT2D eigenvalue weighted by atomic mass is 10.2. The van der Waals surface area contributed by atoms with Gasteiger partial charge in [0.15, 0.2) is 0 Å². The fourth-order valence-corrected chi connectivity index (χ4v) is 3.08. The van der Waals surface area contributed by atoms with Crippen LogP contribution >= 0.6 is 0 Å². The first-order valence-corrected chi connectivity index (χ1v) is 9.05. The lowest BCUT2D eigenvalue weighted by Gasteiger charge is -2.08. The van der Waals surface area contributed by atoms with E-state index in [0.717, 1.165) is 36.4 Å². The molecule has 0 amide bonds. The van der Waals surface area contributed by atoms with Crippen molar-refractivity contribution in [3.05, 3.63) is 60.2 Å². The molecule has 28 heavy (non-hydrogen) atoms. The Morgan fingerprint density at radius 1 is 1.04 bits per heavy atom. The van der Waals surface area contributed by atoms with Gasteiger partial charge in [-0.3, -0.25) is 0 Å². The zero-order valence-corrected chi connectivity index (χ0v) is 14.6. The number of halogens is 4. The largest absolute Gasteiger partial charge is 0.573 e. The molecule has 0 unspecified atom stereocenters. The predicted octanol–water partition coefficient (Wildman–Crippen LogP) is 3.25. The van der Waals surface area contributed by atoms with Gasteiger partial charge < -0.3 is 9.26 Å². The van der Waals surface area contributed by atoms with Gasteiger partial charge in [0.05, 0.1) is 11.4 Å². The Bertz CT molecular complexity index is 1050. The van der Waals surface area contributed by atoms with Crippen molar-refractivity contribution in [3.63, 3.8) is 0 Å². The molecule has 1 aromatic heterocycles. The molecule has 0 radical (unpaired) electrons.